The molecule has 4 heteroatoms. The number of hydrogen-bond acceptors (Lipinski definition) is 3. The van der Waals surface area contributed by atoms with Crippen LogP contribution < -0.4 is 0 Å². The van der Waals surface area contributed by atoms with Crippen molar-refractivity contribution in [1.29, 1.82) is 0 Å². The minimum Gasteiger partial charge on any atom is -0.464 e. The van der Waals surface area contributed by atoms with Crippen LogP contribution in [0.4, 0.5) is 0 Å². The van der Waals surface area contributed by atoms with Crippen molar-refractivity contribution in [2.45, 2.75) is 0 Å². The monoisotopic (exact) mass is 326 g/mol. The summed E-state index contributed by atoms with van der Waals surface area (Å²) in [6, 6.07) is 19.5. The van der Waals surface area contributed by atoms with Crippen molar-refractivity contribution in [2.75, 3.05) is 7.11 Å². The molecule has 0 N–H and O–H groups in total. The third-order valence-electron chi connectivity index (χ3n) is 4.03. The number of methoxy groups -OCH3 is 1. The molecule has 0 aliphatic heterocycles. The molecule has 2 aromatic heterocycles. The first-order valence-corrected chi connectivity index (χ1v) is 7.82. The zero-order valence-electron chi connectivity index (χ0n) is 13.6. The van der Waals surface area contributed by atoms with E-state index in [1.54, 1.807) is 12.4 Å². The molecule has 0 saturated carbocycles. The maximum atomic E-state index is 11.8. The summed E-state index contributed by atoms with van der Waals surface area (Å²) in [6.07, 6.45) is 1.64. The lowest BCUT2D eigenvalue weighted by Crippen LogP contribution is -2.05. The minimum atomic E-state index is -0.463. The average Bonchev–Trinajstić information content (AvgIpc) is 2.99. The van der Waals surface area contributed by atoms with Gasteiger partial charge in [0, 0.05) is 10.9 Å². The summed E-state index contributed by atoms with van der Waals surface area (Å²) < 4.78 is 6.72. The fourth-order valence-electron chi connectivity index (χ4n) is 2.84. The van der Waals surface area contributed by atoms with E-state index in [9.17, 15) is 4.79 Å². The number of para-hydroxylation sites is 1. The maximum absolute atomic E-state index is 11.8. The number of benzene rings is 2. The Morgan fingerprint density at radius 3 is 2.56 bits per heavy atom. The molecule has 0 unspecified atom stereocenters. The van der Waals surface area contributed by atoms with Gasteiger partial charge in [-0.2, -0.15) is 0 Å². The van der Waals surface area contributed by atoms with Crippen LogP contribution >= 0.6 is 0 Å². The highest BCUT2D eigenvalue weighted by Crippen LogP contribution is 2.26. The van der Waals surface area contributed by atoms with Crippen LogP contribution in [-0.4, -0.2) is 22.5 Å². The number of carbonyl (C=O) groups is 1. The van der Waals surface area contributed by atoms with Crippen molar-refractivity contribution in [2.24, 2.45) is 0 Å². The molecule has 0 aliphatic rings. The van der Waals surface area contributed by atoms with Gasteiger partial charge in [-0.15, -0.1) is 0 Å². The second-order valence-corrected chi connectivity index (χ2v) is 5.53. The van der Waals surface area contributed by atoms with Crippen LogP contribution in [0.25, 0.3) is 16.4 Å². The van der Waals surface area contributed by atoms with Crippen molar-refractivity contribution in [3.05, 3.63) is 83.8 Å². The molecule has 2 aromatic carbocycles. The second kappa shape index (κ2) is 6.14. The van der Waals surface area contributed by atoms with Crippen LogP contribution in [0.2, 0.25) is 0 Å². The highest BCUT2D eigenvalue weighted by atomic mass is 16.5. The summed E-state index contributed by atoms with van der Waals surface area (Å²) in [5, 5.41) is 1.02. The van der Waals surface area contributed by atoms with Crippen molar-refractivity contribution in [3.8, 4) is 11.8 Å². The van der Waals surface area contributed by atoms with Crippen LogP contribution in [-0.2, 0) is 4.74 Å². The second-order valence-electron chi connectivity index (χ2n) is 5.53. The molecule has 0 aliphatic carbocycles. The number of ether oxygens (including phenoxy) is 1. The lowest BCUT2D eigenvalue weighted by molar-refractivity contribution is 0.0594. The molecule has 0 radical (unpaired) electrons. The molecule has 4 rings (SSSR count). The molecular weight excluding hydrogens is 312 g/mol. The molecule has 0 spiro atoms. The molecule has 0 saturated heterocycles. The Labute approximate surface area is 144 Å². The van der Waals surface area contributed by atoms with Crippen molar-refractivity contribution < 1.29 is 9.53 Å². The SMILES string of the molecule is COC(=O)c1cc2c(C#Cc3ccccc3)c3ccccc3n2cn1. The van der Waals surface area contributed by atoms with Gasteiger partial charge in [-0.3, -0.25) is 4.40 Å². The number of hydrogen-bond donors (Lipinski definition) is 0. The normalized spacial score (nSPS) is 10.4. The van der Waals surface area contributed by atoms with Gasteiger partial charge in [-0.1, -0.05) is 48.2 Å². The average molecular weight is 326 g/mol. The zero-order chi connectivity index (χ0) is 17.2. The van der Waals surface area contributed by atoms with Gasteiger partial charge in [0.25, 0.3) is 0 Å². The third kappa shape index (κ3) is 2.62. The summed E-state index contributed by atoms with van der Waals surface area (Å²) >= 11 is 0. The first-order valence-electron chi connectivity index (χ1n) is 7.82. The Morgan fingerprint density at radius 1 is 1.00 bits per heavy atom. The molecule has 120 valence electrons. The highest BCUT2D eigenvalue weighted by molar-refractivity contribution is 5.97. The molecule has 2 heterocycles. The minimum absolute atomic E-state index is 0.264. The number of rotatable bonds is 1. The lowest BCUT2D eigenvalue weighted by atomic mass is 10.1. The summed E-state index contributed by atoms with van der Waals surface area (Å²) in [7, 11) is 1.35. The van der Waals surface area contributed by atoms with Crippen LogP contribution in [0.1, 0.15) is 21.6 Å². The van der Waals surface area contributed by atoms with Crippen LogP contribution in [0.5, 0.6) is 0 Å². The zero-order valence-corrected chi connectivity index (χ0v) is 13.6. The van der Waals surface area contributed by atoms with Crippen molar-refractivity contribution >= 4 is 22.4 Å². The van der Waals surface area contributed by atoms with Crippen molar-refractivity contribution in [3.63, 3.8) is 0 Å². The lowest BCUT2D eigenvalue weighted by Gasteiger charge is -2.00. The largest absolute Gasteiger partial charge is 0.464 e. The van der Waals surface area contributed by atoms with E-state index in [0.29, 0.717) is 0 Å². The molecular formula is C21H14N2O2. The maximum Gasteiger partial charge on any atom is 0.356 e. The van der Waals surface area contributed by atoms with Crippen LogP contribution in [0.3, 0.4) is 0 Å². The van der Waals surface area contributed by atoms with Gasteiger partial charge in [0.1, 0.15) is 6.33 Å². The van der Waals surface area contributed by atoms with E-state index in [4.69, 9.17) is 4.74 Å². The van der Waals surface area contributed by atoms with E-state index in [-0.39, 0.29) is 5.69 Å². The Kier molecular flexibility index (Phi) is 3.68. The van der Waals surface area contributed by atoms with E-state index in [0.717, 1.165) is 27.5 Å². The fraction of sp³-hybridized carbons (Fsp3) is 0.0476. The van der Waals surface area contributed by atoms with Gasteiger partial charge in [0.2, 0.25) is 0 Å². The molecule has 0 amide bonds. The van der Waals surface area contributed by atoms with Gasteiger partial charge in [0.05, 0.1) is 23.7 Å². The quantitative estimate of drug-likeness (QED) is 0.396. The molecule has 0 atom stereocenters. The molecule has 4 nitrogen and oxygen atoms in total. The van der Waals surface area contributed by atoms with Gasteiger partial charge in [0.15, 0.2) is 5.69 Å². The molecule has 0 bridgehead atoms. The Hall–Kier alpha value is -3.58. The van der Waals surface area contributed by atoms with Crippen LogP contribution in [0, 0.1) is 11.8 Å². The van der Waals surface area contributed by atoms with E-state index in [1.807, 2.05) is 59.0 Å². The van der Waals surface area contributed by atoms with Gasteiger partial charge >= 0.3 is 5.97 Å². The van der Waals surface area contributed by atoms with Gasteiger partial charge in [-0.05, 0) is 24.3 Å². The van der Waals surface area contributed by atoms with Crippen LogP contribution in [0.15, 0.2) is 67.0 Å². The Balaban J connectivity index is 1.99. The van der Waals surface area contributed by atoms with E-state index in [2.05, 4.69) is 16.8 Å². The molecule has 25 heavy (non-hydrogen) atoms. The standard InChI is InChI=1S/C21H14N2O2/c1-25-21(24)18-13-20-17(12-11-15-7-3-2-4-8-15)16-9-5-6-10-19(16)23(20)14-22-18/h2-10,13-14H,1H3. The summed E-state index contributed by atoms with van der Waals surface area (Å²) in [5.41, 5.74) is 3.90. The number of nitrogens with zero attached hydrogens (tertiary/aromatic N) is 2. The smallest absolute Gasteiger partial charge is 0.356 e. The van der Waals surface area contributed by atoms with Gasteiger partial charge in [-0.25, -0.2) is 9.78 Å². The van der Waals surface area contributed by atoms with Gasteiger partial charge < -0.3 is 4.74 Å². The predicted octanol–water partition coefficient (Wildman–Crippen LogP) is 3.67. The number of aromatic nitrogens is 2. The predicted molar refractivity (Wildman–Crippen MR) is 96.5 cm³/mol. The number of esters is 1. The summed E-state index contributed by atoms with van der Waals surface area (Å²) in [6.45, 7) is 0. The Morgan fingerprint density at radius 2 is 1.76 bits per heavy atom. The first kappa shape index (κ1) is 15.0. The molecule has 0 fully saturated rings. The van der Waals surface area contributed by atoms with E-state index in [1.165, 1.54) is 7.11 Å². The third-order valence-corrected chi connectivity index (χ3v) is 4.03. The topological polar surface area (TPSA) is 43.6 Å². The number of carbonyl (C=O) groups excluding carboxylic acids is 1. The number of fused-ring (bicyclic) bond motifs is 3. The van der Waals surface area contributed by atoms with Crippen molar-refractivity contribution in [1.82, 2.24) is 9.38 Å². The first-order chi connectivity index (χ1) is 12.3. The molecule has 4 aromatic rings. The van der Waals surface area contributed by atoms with E-state index >= 15 is 0 Å². The highest BCUT2D eigenvalue weighted by Gasteiger charge is 2.14. The summed E-state index contributed by atoms with van der Waals surface area (Å²) in [5.74, 6) is 5.99. The van der Waals surface area contributed by atoms with E-state index < -0.39 is 5.97 Å². The summed E-state index contributed by atoms with van der Waals surface area (Å²) in [4.78, 5) is 16.0. The Bertz CT molecular complexity index is 1150. The fourth-order valence-corrected chi connectivity index (χ4v) is 2.84.